The van der Waals surface area contributed by atoms with Crippen molar-refractivity contribution in [1.82, 2.24) is 0 Å². The molecular formula is C51H51N2Na2O10S3Y30-5. The normalized spacial score (nSPS) is 11.4. The van der Waals surface area contributed by atoms with Gasteiger partial charge in [0.25, 0.3) is 0 Å². The van der Waals surface area contributed by atoms with Crippen molar-refractivity contribution < 1.29 is 1090 Å². The maximum Gasteiger partial charge on any atom is 1.00 e. The van der Waals surface area contributed by atoms with Gasteiger partial charge in [0, 0.05) is 1030 Å². The molecule has 0 aliphatic carbocycles. The summed E-state index contributed by atoms with van der Waals surface area (Å²) in [7, 11) is -13.6. The summed E-state index contributed by atoms with van der Waals surface area (Å²) in [6.45, 7) is 8.92. The van der Waals surface area contributed by atoms with E-state index < -0.39 is 57.6 Å². The van der Waals surface area contributed by atoms with Crippen LogP contribution in [0, 0.1) is 24.3 Å². The molecular weight excluding hydrogens is 3610 g/mol. The molecule has 47 heteroatoms. The molecule has 2 aliphatic rings. The van der Waals surface area contributed by atoms with Gasteiger partial charge in [0.2, 0.25) is 5.69 Å². The molecule has 440 valence electrons. The molecule has 5 aromatic carbocycles. The Balaban J connectivity index is -0.0000000628. The first-order valence-corrected chi connectivity index (χ1v) is 26.5. The largest absolute Gasteiger partial charge is 1.00 e. The fraction of sp³-hybridized carbons (Fsp3) is 0.314. The number of allylic oxidation sites excluding steroid dienone is 7. The van der Waals surface area contributed by atoms with Gasteiger partial charge in [0.15, 0.2) is 5.71 Å². The standard InChI is InChI=1S/C51H53N2O10S3.2Na.30Y.H/c1-5-50(6-2)46(52(33-15-35-64(54,55)56)44-31-25-37-17-9-11-21-42(37)48(44)50)23-13-19-39(63-40-27-29-41(30-28-40)66(60,61)62)20-14-24-47-51(7-3,8-4)49-43-22-12-10-18-38(43)26-32-45(49)53(47)34-16-36-65(57,58)59;;;;;;;;;;;;;;;;;;;;;;;;;;;;;;;;;/h11-14,17-20,23-32H,5-8,15-16,33-36H2,1-4H3,(H,54,55,56)(H,57,58,59)(H,60,61,62);;;;;;;;;;;;;;;;;;;;;;;;;;;;;;;;;/q-3;2*+1;;;;;;;;;;;;;;;;;;;;;;;;;;;;;;;-1/p-3. The van der Waals surface area contributed by atoms with E-state index in [0.717, 1.165) is 55.5 Å². The van der Waals surface area contributed by atoms with E-state index >= 15 is 0 Å². The number of rotatable bonds is 19. The molecule has 0 bridgehead atoms. The fourth-order valence-corrected chi connectivity index (χ4v) is 11.3. The molecule has 2 heterocycles. The number of ether oxygens (including phenoxy) is 1. The number of hydrogen-bond acceptors (Lipinski definition) is 11. The molecule has 30 radical (unpaired) electrons. The average molecular weight is 3660 g/mol. The Bertz CT molecular complexity index is 3250. The van der Waals surface area contributed by atoms with Crippen LogP contribution in [-0.2, 0) is 1020 Å². The second-order valence-electron chi connectivity index (χ2n) is 16.4. The van der Waals surface area contributed by atoms with Crippen molar-refractivity contribution in [2.45, 2.75) is 81.9 Å². The molecule has 0 aromatic heterocycles. The van der Waals surface area contributed by atoms with Crippen LogP contribution in [0.1, 0.15) is 78.8 Å². The number of hydrogen-bond donors (Lipinski definition) is 0. The van der Waals surface area contributed by atoms with Gasteiger partial charge in [-0.05, 0) is 80.7 Å². The van der Waals surface area contributed by atoms with Crippen LogP contribution in [0.5, 0.6) is 5.75 Å². The summed E-state index contributed by atoms with van der Waals surface area (Å²) in [4.78, 5) is 1.66. The second-order valence-corrected chi connectivity index (χ2v) is 20.8. The van der Waals surface area contributed by atoms with E-state index in [1.54, 1.807) is 24.3 Å². The summed E-state index contributed by atoms with van der Waals surface area (Å²) >= 11 is 0. The smallest absolute Gasteiger partial charge is 1.00 e. The molecule has 0 amide bonds. The van der Waals surface area contributed by atoms with Crippen molar-refractivity contribution in [3.63, 3.8) is 0 Å². The summed E-state index contributed by atoms with van der Waals surface area (Å²) in [6, 6.07) is 33.4. The van der Waals surface area contributed by atoms with Crippen LogP contribution in [0.3, 0.4) is 0 Å². The molecule has 2 aliphatic heterocycles. The van der Waals surface area contributed by atoms with Crippen LogP contribution in [0.2, 0.25) is 0 Å². The Morgan fingerprint density at radius 1 is 0.520 bits per heavy atom. The summed E-state index contributed by atoms with van der Waals surface area (Å²) in [5, 5.41) is 3.77. The van der Waals surface area contributed by atoms with Gasteiger partial charge in [-0.2, -0.15) is 16.7 Å². The molecule has 0 N–H and O–H groups in total. The van der Waals surface area contributed by atoms with Gasteiger partial charge < -0.3 is 61.1 Å². The van der Waals surface area contributed by atoms with Crippen LogP contribution >= 0.6 is 0 Å². The van der Waals surface area contributed by atoms with Gasteiger partial charge in [-0.1, -0.05) is 51.5 Å². The zero-order valence-corrected chi connectivity index (χ0v) is 148. The quantitative estimate of drug-likeness (QED) is 0.0296. The van der Waals surface area contributed by atoms with Crippen LogP contribution in [0.15, 0.2) is 126 Å². The zero-order chi connectivity index (χ0) is 47.5. The summed E-state index contributed by atoms with van der Waals surface area (Å²) in [5.74, 6) is -0.475. The maximum absolute atomic E-state index is 11.8. The molecule has 0 spiro atoms. The predicted molar refractivity (Wildman–Crippen MR) is 254 cm³/mol. The minimum Gasteiger partial charge on any atom is -1.00 e. The summed E-state index contributed by atoms with van der Waals surface area (Å²) in [5.41, 5.74) is 4.63. The van der Waals surface area contributed by atoms with Crippen molar-refractivity contribution in [2.75, 3.05) is 29.5 Å². The van der Waals surface area contributed by atoms with Crippen LogP contribution in [0.4, 0.5) is 11.4 Å². The fourth-order valence-electron chi connectivity index (χ4n) is 9.82. The van der Waals surface area contributed by atoms with E-state index in [4.69, 9.17) is 4.74 Å². The van der Waals surface area contributed by atoms with Gasteiger partial charge in [-0.3, -0.25) is 12.1 Å². The summed E-state index contributed by atoms with van der Waals surface area (Å²) in [6.07, 6.45) is 14.0. The monoisotopic (exact) mass is 3660 g/mol. The van der Waals surface area contributed by atoms with Gasteiger partial charge in [-0.15, -0.1) is 0 Å². The van der Waals surface area contributed by atoms with Crippen LogP contribution in [0.25, 0.3) is 21.5 Å². The topological polar surface area (TPSA) is 187 Å². The molecule has 98 heavy (non-hydrogen) atoms. The van der Waals surface area contributed by atoms with E-state index in [1.165, 1.54) is 24.3 Å². The average Bonchev–Trinajstić information content (AvgIpc) is 3.71. The minimum atomic E-state index is -4.72. The van der Waals surface area contributed by atoms with Crippen molar-refractivity contribution in [3.05, 3.63) is 156 Å². The van der Waals surface area contributed by atoms with E-state index in [2.05, 4.69) is 61.4 Å². The maximum atomic E-state index is 11.8. The Labute approximate surface area is 1390 Å². The zero-order valence-electron chi connectivity index (χ0n) is 57.5. The first kappa shape index (κ1) is 198. The molecule has 5 aromatic rings. The van der Waals surface area contributed by atoms with Gasteiger partial charge >= 0.3 is 59.1 Å². The van der Waals surface area contributed by atoms with E-state index in [-0.39, 0.29) is 1070 Å². The van der Waals surface area contributed by atoms with E-state index in [0.29, 0.717) is 31.4 Å². The molecule has 0 atom stereocenters. The SMILES string of the molecule is CCC1(CC)C(/C=C/C=C(/C=C/C=C2/N(CCCS(=O)(=O)[O-])c3ccc4c[c-]c[c-]c4c3C2(CC)CC)Oc2ccc(S(=O)(=O)[O-])cc2)=[N+](CCCS(=O)(=O)[O-])c2ccc3c[c-]c[c-]c3c21.[H-].[Na+].[Na+].[Y].[Y].[Y].[Y].[Y].[Y].[Y].[Y].[Y].[Y].[Y].[Y].[Y].[Y].[Y].[Y].[Y].[Y].[Y].[Y].[Y].[Y].[Y].[Y].[Y].[Y].[Y].[Y].[Y].[Y]. The van der Waals surface area contributed by atoms with Crippen molar-refractivity contribution in [3.8, 4) is 5.75 Å². The molecule has 12 nitrogen and oxygen atoms in total. The third-order valence-electron chi connectivity index (χ3n) is 13.0. The van der Waals surface area contributed by atoms with Crippen LogP contribution in [-0.4, -0.2) is 73.8 Å². The van der Waals surface area contributed by atoms with Gasteiger partial charge in [-0.25, -0.2) is 46.8 Å². The van der Waals surface area contributed by atoms with Crippen molar-refractivity contribution in [1.29, 1.82) is 0 Å². The van der Waals surface area contributed by atoms with Gasteiger partial charge in [0.05, 0.1) is 30.5 Å². The molecule has 7 rings (SSSR count). The third kappa shape index (κ3) is 63.3. The number of anilines is 1. The van der Waals surface area contributed by atoms with Crippen LogP contribution < -0.4 is 68.8 Å². The Morgan fingerprint density at radius 3 is 1.32 bits per heavy atom. The molecule has 0 saturated carbocycles. The molecule has 0 fully saturated rings. The molecule has 0 saturated heterocycles. The Hall–Kier alpha value is 29.7. The number of fused-ring (bicyclic) bond motifs is 6. The summed E-state index contributed by atoms with van der Waals surface area (Å²) < 4.78 is 114. The predicted octanol–water partition coefficient (Wildman–Crippen LogP) is 2.71. The first-order chi connectivity index (χ1) is 31.4. The first-order valence-electron chi connectivity index (χ1n) is 21.9. The Morgan fingerprint density at radius 2 is 0.918 bits per heavy atom. The van der Waals surface area contributed by atoms with Crippen molar-refractivity contribution in [2.24, 2.45) is 0 Å². The second kappa shape index (κ2) is 106. The van der Waals surface area contributed by atoms with E-state index in [9.17, 15) is 38.9 Å². The Kier molecular flexibility index (Phi) is 214. The number of benzene rings is 5. The molecule has 0 unspecified atom stereocenters. The number of nitrogens with zero attached hydrogens (tertiary/aromatic N) is 2. The third-order valence-corrected chi connectivity index (χ3v) is 15.4. The minimum absolute atomic E-state index is 0. The van der Waals surface area contributed by atoms with Gasteiger partial charge in [0.1, 0.15) is 28.2 Å². The van der Waals surface area contributed by atoms with Crippen molar-refractivity contribution >= 4 is 69.0 Å². The van der Waals surface area contributed by atoms with E-state index in [1.807, 2.05) is 60.7 Å².